The Labute approximate surface area is 107 Å². The summed E-state index contributed by atoms with van der Waals surface area (Å²) >= 11 is 0. The number of hydrogen-bond acceptors (Lipinski definition) is 4. The van der Waals surface area contributed by atoms with Gasteiger partial charge in [0.05, 0.1) is 11.5 Å². The van der Waals surface area contributed by atoms with E-state index in [1.165, 1.54) is 6.92 Å². The van der Waals surface area contributed by atoms with Crippen LogP contribution in [-0.4, -0.2) is 44.8 Å². The highest BCUT2D eigenvalue weighted by atomic mass is 32.2. The molecule has 1 rings (SSSR count). The van der Waals surface area contributed by atoms with Crippen molar-refractivity contribution in [2.45, 2.75) is 26.2 Å². The van der Waals surface area contributed by atoms with Gasteiger partial charge in [-0.1, -0.05) is 0 Å². The Bertz CT molecular complexity index is 391. The van der Waals surface area contributed by atoms with Crippen LogP contribution in [0.2, 0.25) is 0 Å². The number of rotatable bonds is 5. The zero-order chi connectivity index (χ0) is 13.6. The molecule has 0 bridgehead atoms. The summed E-state index contributed by atoms with van der Waals surface area (Å²) in [5, 5.41) is 5.29. The Morgan fingerprint density at radius 1 is 1.11 bits per heavy atom. The molecule has 1 saturated heterocycles. The number of sulfone groups is 1. The monoisotopic (exact) mass is 276 g/mol. The van der Waals surface area contributed by atoms with E-state index in [2.05, 4.69) is 10.6 Å². The summed E-state index contributed by atoms with van der Waals surface area (Å²) in [4.78, 5) is 22.1. The molecular formula is C11H20N2O4S. The largest absolute Gasteiger partial charge is 0.355 e. The zero-order valence-corrected chi connectivity index (χ0v) is 11.4. The van der Waals surface area contributed by atoms with Crippen LogP contribution in [0, 0.1) is 5.92 Å². The maximum absolute atomic E-state index is 11.5. The van der Waals surface area contributed by atoms with E-state index < -0.39 is 9.84 Å². The topological polar surface area (TPSA) is 92.3 Å². The molecule has 0 radical (unpaired) electrons. The van der Waals surface area contributed by atoms with Crippen molar-refractivity contribution in [3.05, 3.63) is 0 Å². The standard InChI is InChI=1S/C11H20N2O4S/c1-9(14)12-4-5-13-11(15)8-10-2-6-18(16,17)7-3-10/h10H,2-8H2,1H3,(H,12,14)(H,13,15). The first-order valence-corrected chi connectivity index (χ1v) is 7.93. The molecule has 1 aliphatic heterocycles. The molecule has 0 spiro atoms. The van der Waals surface area contributed by atoms with Crippen molar-refractivity contribution in [2.24, 2.45) is 5.92 Å². The molecule has 0 aromatic heterocycles. The van der Waals surface area contributed by atoms with Gasteiger partial charge in [-0.2, -0.15) is 0 Å². The quantitative estimate of drug-likeness (QED) is 0.659. The molecule has 0 saturated carbocycles. The van der Waals surface area contributed by atoms with E-state index in [-0.39, 0.29) is 29.2 Å². The Morgan fingerprint density at radius 2 is 1.67 bits per heavy atom. The first-order chi connectivity index (χ1) is 8.39. The fourth-order valence-corrected chi connectivity index (χ4v) is 3.51. The summed E-state index contributed by atoms with van der Waals surface area (Å²) in [7, 11) is -2.86. The average Bonchev–Trinajstić information content (AvgIpc) is 2.27. The third-order valence-corrected chi connectivity index (χ3v) is 4.68. The lowest BCUT2D eigenvalue weighted by atomic mass is 9.98. The highest BCUT2D eigenvalue weighted by molar-refractivity contribution is 7.91. The van der Waals surface area contributed by atoms with Crippen LogP contribution in [0.4, 0.5) is 0 Å². The third-order valence-electron chi connectivity index (χ3n) is 2.97. The highest BCUT2D eigenvalue weighted by Crippen LogP contribution is 2.21. The molecule has 0 aliphatic carbocycles. The molecule has 7 heteroatoms. The van der Waals surface area contributed by atoms with Crippen LogP contribution < -0.4 is 10.6 Å². The number of carbonyl (C=O) groups excluding carboxylic acids is 2. The van der Waals surface area contributed by atoms with Gasteiger partial charge in [0.25, 0.3) is 0 Å². The number of carbonyl (C=O) groups is 2. The number of nitrogens with one attached hydrogen (secondary N) is 2. The zero-order valence-electron chi connectivity index (χ0n) is 10.6. The molecule has 18 heavy (non-hydrogen) atoms. The van der Waals surface area contributed by atoms with Gasteiger partial charge in [-0.25, -0.2) is 8.42 Å². The van der Waals surface area contributed by atoms with E-state index in [4.69, 9.17) is 0 Å². The van der Waals surface area contributed by atoms with Crippen LogP contribution in [0.25, 0.3) is 0 Å². The summed E-state index contributed by atoms with van der Waals surface area (Å²) in [5.41, 5.74) is 0. The van der Waals surface area contributed by atoms with Crippen molar-refractivity contribution in [1.82, 2.24) is 10.6 Å². The number of amides is 2. The SMILES string of the molecule is CC(=O)NCCNC(=O)CC1CCS(=O)(=O)CC1. The van der Waals surface area contributed by atoms with Gasteiger partial charge in [-0.3, -0.25) is 9.59 Å². The van der Waals surface area contributed by atoms with Crippen molar-refractivity contribution in [1.29, 1.82) is 0 Å². The minimum Gasteiger partial charge on any atom is -0.355 e. The summed E-state index contributed by atoms with van der Waals surface area (Å²) in [6.07, 6.45) is 1.51. The molecule has 6 nitrogen and oxygen atoms in total. The Balaban J connectivity index is 2.15. The van der Waals surface area contributed by atoms with E-state index in [0.717, 1.165) is 0 Å². The van der Waals surface area contributed by atoms with Crippen molar-refractivity contribution in [2.75, 3.05) is 24.6 Å². The molecule has 0 aromatic carbocycles. The maximum atomic E-state index is 11.5. The minimum atomic E-state index is -2.86. The van der Waals surface area contributed by atoms with Crippen molar-refractivity contribution < 1.29 is 18.0 Å². The molecule has 1 fully saturated rings. The Kier molecular flexibility index (Phi) is 5.58. The predicted molar refractivity (Wildman–Crippen MR) is 67.7 cm³/mol. The average molecular weight is 276 g/mol. The van der Waals surface area contributed by atoms with E-state index in [1.807, 2.05) is 0 Å². The lowest BCUT2D eigenvalue weighted by molar-refractivity contribution is -0.122. The molecule has 1 aliphatic rings. The fourth-order valence-electron chi connectivity index (χ4n) is 1.92. The van der Waals surface area contributed by atoms with Crippen LogP contribution in [0.15, 0.2) is 0 Å². The van der Waals surface area contributed by atoms with Gasteiger partial charge in [0.15, 0.2) is 0 Å². The third kappa shape index (κ3) is 6.00. The lowest BCUT2D eigenvalue weighted by Gasteiger charge is -2.21. The van der Waals surface area contributed by atoms with E-state index in [1.54, 1.807) is 0 Å². The Morgan fingerprint density at radius 3 is 2.22 bits per heavy atom. The van der Waals surface area contributed by atoms with Gasteiger partial charge in [0.1, 0.15) is 9.84 Å². The van der Waals surface area contributed by atoms with Gasteiger partial charge in [0.2, 0.25) is 11.8 Å². The second-order valence-electron chi connectivity index (χ2n) is 4.63. The summed E-state index contributed by atoms with van der Waals surface area (Å²) in [5.74, 6) is 0.342. The van der Waals surface area contributed by atoms with E-state index >= 15 is 0 Å². The summed E-state index contributed by atoms with van der Waals surface area (Å²) in [6.45, 7) is 2.24. The van der Waals surface area contributed by atoms with Gasteiger partial charge in [-0.15, -0.1) is 0 Å². The molecule has 0 aromatic rings. The fraction of sp³-hybridized carbons (Fsp3) is 0.818. The van der Waals surface area contributed by atoms with E-state index in [9.17, 15) is 18.0 Å². The van der Waals surface area contributed by atoms with Crippen LogP contribution in [-0.2, 0) is 19.4 Å². The predicted octanol–water partition coefficient (Wildman–Crippen LogP) is -0.546. The maximum Gasteiger partial charge on any atom is 0.220 e. The van der Waals surface area contributed by atoms with Crippen LogP contribution in [0.3, 0.4) is 0 Å². The van der Waals surface area contributed by atoms with Gasteiger partial charge < -0.3 is 10.6 Å². The normalized spacial score (nSPS) is 19.2. The minimum absolute atomic E-state index is 0.0790. The van der Waals surface area contributed by atoms with Crippen molar-refractivity contribution in [3.63, 3.8) is 0 Å². The van der Waals surface area contributed by atoms with Crippen LogP contribution in [0.5, 0.6) is 0 Å². The summed E-state index contributed by atoms with van der Waals surface area (Å²) in [6, 6.07) is 0. The molecule has 104 valence electrons. The molecule has 1 heterocycles. The second kappa shape index (κ2) is 6.72. The second-order valence-corrected chi connectivity index (χ2v) is 6.94. The first kappa shape index (κ1) is 14.9. The lowest BCUT2D eigenvalue weighted by Crippen LogP contribution is -2.35. The van der Waals surface area contributed by atoms with Gasteiger partial charge >= 0.3 is 0 Å². The van der Waals surface area contributed by atoms with Crippen molar-refractivity contribution in [3.8, 4) is 0 Å². The molecular weight excluding hydrogens is 256 g/mol. The van der Waals surface area contributed by atoms with Gasteiger partial charge in [0, 0.05) is 26.4 Å². The summed E-state index contributed by atoms with van der Waals surface area (Å²) < 4.78 is 22.4. The Hall–Kier alpha value is -1.11. The highest BCUT2D eigenvalue weighted by Gasteiger charge is 2.24. The van der Waals surface area contributed by atoms with Crippen LogP contribution in [0.1, 0.15) is 26.2 Å². The van der Waals surface area contributed by atoms with E-state index in [0.29, 0.717) is 32.4 Å². The smallest absolute Gasteiger partial charge is 0.220 e. The molecule has 0 atom stereocenters. The number of hydrogen-bond donors (Lipinski definition) is 2. The van der Waals surface area contributed by atoms with Crippen molar-refractivity contribution >= 4 is 21.7 Å². The van der Waals surface area contributed by atoms with Gasteiger partial charge in [-0.05, 0) is 18.8 Å². The molecule has 2 amide bonds. The first-order valence-electron chi connectivity index (χ1n) is 6.10. The molecule has 2 N–H and O–H groups in total. The van der Waals surface area contributed by atoms with Crippen LogP contribution >= 0.6 is 0 Å². The molecule has 0 unspecified atom stereocenters.